The summed E-state index contributed by atoms with van der Waals surface area (Å²) in [7, 11) is 0. The molecule has 0 bridgehead atoms. The molecule has 0 spiro atoms. The fourth-order valence-corrected chi connectivity index (χ4v) is 1.99. The highest BCUT2D eigenvalue weighted by Gasteiger charge is 2.08. The smallest absolute Gasteiger partial charge is 0.158 e. The highest BCUT2D eigenvalue weighted by atomic mass is 32.1. The van der Waals surface area contributed by atoms with Crippen molar-refractivity contribution < 1.29 is 0 Å². The van der Waals surface area contributed by atoms with Crippen LogP contribution in [-0.2, 0) is 6.42 Å². The van der Waals surface area contributed by atoms with Crippen molar-refractivity contribution in [3.63, 3.8) is 0 Å². The monoisotopic (exact) mass is 245 g/mol. The number of hydrogen-bond acceptors (Lipinski definition) is 3. The second-order valence-corrected chi connectivity index (χ2v) is 4.40. The molecule has 17 heavy (non-hydrogen) atoms. The molecule has 2 heterocycles. The Hall–Kier alpha value is -1.55. The molecule has 2 aromatic heterocycles. The standard InChI is InChI=1S/C13H15N3S/c1-4-10-9(3)13(17)16-12(15-10)11-8(2)6-5-7-14-11/h5-7H,4H2,1-3H3,(H,15,16,17). The minimum Gasteiger partial charge on any atom is -0.342 e. The molecule has 0 aliphatic carbocycles. The quantitative estimate of drug-likeness (QED) is 0.825. The Labute approximate surface area is 106 Å². The van der Waals surface area contributed by atoms with Crippen molar-refractivity contribution in [3.05, 3.63) is 39.8 Å². The molecule has 4 heteroatoms. The Kier molecular flexibility index (Phi) is 3.33. The van der Waals surface area contributed by atoms with Gasteiger partial charge in [-0.15, -0.1) is 0 Å². The van der Waals surface area contributed by atoms with E-state index in [1.165, 1.54) is 0 Å². The summed E-state index contributed by atoms with van der Waals surface area (Å²) in [5.41, 5.74) is 4.15. The van der Waals surface area contributed by atoms with E-state index in [1.807, 2.05) is 26.0 Å². The predicted molar refractivity (Wildman–Crippen MR) is 71.5 cm³/mol. The number of nitrogens with zero attached hydrogens (tertiary/aromatic N) is 2. The van der Waals surface area contributed by atoms with Gasteiger partial charge in [0, 0.05) is 17.5 Å². The highest BCUT2D eigenvalue weighted by Crippen LogP contribution is 2.18. The number of aryl methyl sites for hydroxylation is 2. The molecule has 2 rings (SSSR count). The first kappa shape index (κ1) is 11.9. The van der Waals surface area contributed by atoms with E-state index >= 15 is 0 Å². The SMILES string of the molecule is CCc1[nH]c(-c2ncccc2C)nc(=S)c1C. The van der Waals surface area contributed by atoms with Gasteiger partial charge < -0.3 is 4.98 Å². The van der Waals surface area contributed by atoms with Crippen LogP contribution in [0.5, 0.6) is 0 Å². The van der Waals surface area contributed by atoms with Gasteiger partial charge >= 0.3 is 0 Å². The highest BCUT2D eigenvalue weighted by molar-refractivity contribution is 7.71. The van der Waals surface area contributed by atoms with Crippen molar-refractivity contribution in [2.24, 2.45) is 0 Å². The second-order valence-electron chi connectivity index (χ2n) is 4.02. The van der Waals surface area contributed by atoms with Gasteiger partial charge in [0.15, 0.2) is 5.82 Å². The normalized spacial score (nSPS) is 10.5. The van der Waals surface area contributed by atoms with Gasteiger partial charge in [-0.25, -0.2) is 4.98 Å². The maximum Gasteiger partial charge on any atom is 0.158 e. The number of nitrogens with one attached hydrogen (secondary N) is 1. The van der Waals surface area contributed by atoms with E-state index in [-0.39, 0.29) is 0 Å². The number of H-pyrrole nitrogens is 1. The van der Waals surface area contributed by atoms with Gasteiger partial charge in [-0.3, -0.25) is 4.98 Å². The molecule has 0 fully saturated rings. The summed E-state index contributed by atoms with van der Waals surface area (Å²) in [6, 6.07) is 3.94. The van der Waals surface area contributed by atoms with Crippen molar-refractivity contribution in [1.82, 2.24) is 15.0 Å². The third-order valence-electron chi connectivity index (χ3n) is 2.84. The number of aromatic nitrogens is 3. The predicted octanol–water partition coefficient (Wildman–Crippen LogP) is 3.38. The van der Waals surface area contributed by atoms with Crippen LogP contribution in [0, 0.1) is 18.5 Å². The minimum absolute atomic E-state index is 0.653. The average molecular weight is 245 g/mol. The summed E-state index contributed by atoms with van der Waals surface area (Å²) in [4.78, 5) is 12.1. The molecule has 0 unspecified atom stereocenters. The van der Waals surface area contributed by atoms with Crippen molar-refractivity contribution in [1.29, 1.82) is 0 Å². The Morgan fingerprint density at radius 2 is 2.12 bits per heavy atom. The summed E-state index contributed by atoms with van der Waals surface area (Å²) in [5, 5.41) is 0. The minimum atomic E-state index is 0.653. The van der Waals surface area contributed by atoms with E-state index < -0.39 is 0 Å². The zero-order valence-electron chi connectivity index (χ0n) is 10.2. The lowest BCUT2D eigenvalue weighted by Gasteiger charge is -2.08. The van der Waals surface area contributed by atoms with Crippen molar-refractivity contribution in [2.45, 2.75) is 27.2 Å². The van der Waals surface area contributed by atoms with Gasteiger partial charge in [0.05, 0.1) is 0 Å². The third kappa shape index (κ3) is 2.26. The molecular formula is C13H15N3S. The van der Waals surface area contributed by atoms with E-state index in [0.717, 1.165) is 34.8 Å². The van der Waals surface area contributed by atoms with Crippen LogP contribution in [0.1, 0.15) is 23.7 Å². The van der Waals surface area contributed by atoms with E-state index in [2.05, 4.69) is 21.9 Å². The van der Waals surface area contributed by atoms with Gasteiger partial charge in [0.1, 0.15) is 10.3 Å². The maximum atomic E-state index is 5.28. The van der Waals surface area contributed by atoms with Gasteiger partial charge in [0.25, 0.3) is 0 Å². The molecule has 0 amide bonds. The molecule has 0 aliphatic rings. The van der Waals surface area contributed by atoms with Crippen molar-refractivity contribution in [3.8, 4) is 11.5 Å². The number of rotatable bonds is 2. The Morgan fingerprint density at radius 3 is 2.76 bits per heavy atom. The number of pyridine rings is 1. The Morgan fingerprint density at radius 1 is 1.35 bits per heavy atom. The van der Waals surface area contributed by atoms with Gasteiger partial charge in [-0.05, 0) is 31.9 Å². The van der Waals surface area contributed by atoms with Crippen LogP contribution >= 0.6 is 12.2 Å². The van der Waals surface area contributed by atoms with Crippen molar-refractivity contribution in [2.75, 3.05) is 0 Å². The first-order chi connectivity index (χ1) is 8.13. The fourth-order valence-electron chi connectivity index (χ4n) is 1.78. The van der Waals surface area contributed by atoms with Crippen molar-refractivity contribution >= 4 is 12.2 Å². The first-order valence-electron chi connectivity index (χ1n) is 5.65. The van der Waals surface area contributed by atoms with Crippen LogP contribution in [0.3, 0.4) is 0 Å². The van der Waals surface area contributed by atoms with E-state index in [9.17, 15) is 0 Å². The summed E-state index contributed by atoms with van der Waals surface area (Å²) in [5.74, 6) is 0.760. The molecular weight excluding hydrogens is 230 g/mol. The summed E-state index contributed by atoms with van der Waals surface area (Å²) in [6.07, 6.45) is 2.68. The summed E-state index contributed by atoms with van der Waals surface area (Å²) >= 11 is 5.28. The average Bonchev–Trinajstić information content (AvgIpc) is 2.33. The second kappa shape index (κ2) is 4.75. The Bertz CT molecular complexity index is 602. The van der Waals surface area contributed by atoms with Gasteiger partial charge in [0.2, 0.25) is 0 Å². The fraction of sp³-hybridized carbons (Fsp3) is 0.308. The van der Waals surface area contributed by atoms with Gasteiger partial charge in [-0.1, -0.05) is 25.2 Å². The molecule has 0 radical (unpaired) electrons. The molecule has 0 aromatic carbocycles. The lowest BCUT2D eigenvalue weighted by atomic mass is 10.2. The molecule has 3 nitrogen and oxygen atoms in total. The first-order valence-corrected chi connectivity index (χ1v) is 6.06. The summed E-state index contributed by atoms with van der Waals surface area (Å²) in [6.45, 7) is 6.12. The number of aromatic amines is 1. The van der Waals surface area contributed by atoms with E-state index in [1.54, 1.807) is 6.20 Å². The summed E-state index contributed by atoms with van der Waals surface area (Å²) < 4.78 is 0.653. The molecule has 2 aromatic rings. The zero-order valence-corrected chi connectivity index (χ0v) is 11.1. The maximum absolute atomic E-state index is 5.28. The molecule has 0 saturated heterocycles. The van der Waals surface area contributed by atoms with Crippen LogP contribution in [0.15, 0.2) is 18.3 Å². The van der Waals surface area contributed by atoms with Crippen LogP contribution in [0.25, 0.3) is 11.5 Å². The molecule has 0 saturated carbocycles. The van der Waals surface area contributed by atoms with E-state index in [4.69, 9.17) is 12.2 Å². The molecule has 0 aliphatic heterocycles. The molecule has 0 atom stereocenters. The third-order valence-corrected chi connectivity index (χ3v) is 3.24. The van der Waals surface area contributed by atoms with Crippen LogP contribution in [0.4, 0.5) is 0 Å². The topological polar surface area (TPSA) is 41.6 Å². The molecule has 1 N–H and O–H groups in total. The molecule has 88 valence electrons. The van der Waals surface area contributed by atoms with Crippen LogP contribution in [-0.4, -0.2) is 15.0 Å². The number of hydrogen-bond donors (Lipinski definition) is 1. The van der Waals surface area contributed by atoms with Crippen LogP contribution < -0.4 is 0 Å². The Balaban J connectivity index is 2.66. The van der Waals surface area contributed by atoms with E-state index in [0.29, 0.717) is 4.64 Å². The lowest BCUT2D eigenvalue weighted by Crippen LogP contribution is -2.01. The zero-order chi connectivity index (χ0) is 12.4. The van der Waals surface area contributed by atoms with Crippen LogP contribution in [0.2, 0.25) is 0 Å². The largest absolute Gasteiger partial charge is 0.342 e. The lowest BCUT2D eigenvalue weighted by molar-refractivity contribution is 0.961. The van der Waals surface area contributed by atoms with Gasteiger partial charge in [-0.2, -0.15) is 0 Å².